The van der Waals surface area contributed by atoms with Crippen LogP contribution in [0.4, 0.5) is 5.69 Å². The average Bonchev–Trinajstić information content (AvgIpc) is 3.20. The molecule has 1 N–H and O–H groups in total. The van der Waals surface area contributed by atoms with E-state index in [4.69, 9.17) is 4.42 Å². The van der Waals surface area contributed by atoms with Crippen LogP contribution in [0.5, 0.6) is 0 Å². The Morgan fingerprint density at radius 3 is 2.67 bits per heavy atom. The van der Waals surface area contributed by atoms with Gasteiger partial charge in [-0.1, -0.05) is 49.7 Å². The lowest BCUT2D eigenvalue weighted by molar-refractivity contribution is -0.129. The molecule has 4 rings (SSSR count). The number of rotatable bonds is 4. The van der Waals surface area contributed by atoms with Crippen LogP contribution < -0.4 is 5.32 Å². The predicted molar refractivity (Wildman–Crippen MR) is 119 cm³/mol. The number of nitrogens with zero attached hydrogens (tertiary/aromatic N) is 1. The number of furan rings is 1. The summed E-state index contributed by atoms with van der Waals surface area (Å²) < 4.78 is 6.48. The van der Waals surface area contributed by atoms with Crippen molar-refractivity contribution >= 4 is 52.0 Å². The molecule has 2 heterocycles. The Kier molecular flexibility index (Phi) is 5.82. The van der Waals surface area contributed by atoms with Gasteiger partial charge in [-0.2, -0.15) is 0 Å². The maximum atomic E-state index is 13.3. The molecule has 1 amide bonds. The van der Waals surface area contributed by atoms with Crippen LogP contribution in [0, 0.1) is 9.68 Å². The minimum absolute atomic E-state index is 0.0919. The highest BCUT2D eigenvalue weighted by Crippen LogP contribution is 2.42. The van der Waals surface area contributed by atoms with E-state index in [1.165, 1.54) is 19.3 Å². The van der Waals surface area contributed by atoms with Crippen LogP contribution in [0.3, 0.4) is 0 Å². The van der Waals surface area contributed by atoms with E-state index in [1.54, 1.807) is 11.8 Å². The van der Waals surface area contributed by atoms with Gasteiger partial charge in [0.25, 0.3) is 5.91 Å². The summed E-state index contributed by atoms with van der Waals surface area (Å²) in [4.78, 5) is 16.1. The third-order valence-corrected chi connectivity index (χ3v) is 6.99. The predicted octanol–water partition coefficient (Wildman–Crippen LogP) is 5.77. The molecule has 0 bridgehead atoms. The van der Waals surface area contributed by atoms with E-state index in [0.717, 1.165) is 26.5 Å². The molecule has 1 aliphatic heterocycles. The van der Waals surface area contributed by atoms with Gasteiger partial charge in [0.2, 0.25) is 0 Å². The molecule has 6 heteroatoms. The molecule has 27 heavy (non-hydrogen) atoms. The van der Waals surface area contributed by atoms with Gasteiger partial charge in [-0.3, -0.25) is 4.79 Å². The highest BCUT2D eigenvalue weighted by Gasteiger charge is 2.43. The van der Waals surface area contributed by atoms with Gasteiger partial charge in [-0.25, -0.2) is 0 Å². The van der Waals surface area contributed by atoms with E-state index in [0.29, 0.717) is 5.92 Å². The first-order chi connectivity index (χ1) is 13.1. The molecule has 1 unspecified atom stereocenters. The van der Waals surface area contributed by atoms with Gasteiger partial charge in [0.15, 0.2) is 9.26 Å². The standard InChI is InChI=1S/C21H23IN2O2S/c1-14-7-5-6-10-17(14)24-20(25)18(13-16-11-12-19(22)26-16)27-21(24)23-15-8-3-2-4-9-15/h2-4,8-9,11-14,17,21,23H,5-7,10H2,1H3/b18-13-/t14-,17-,21?/m1/s1. The Hall–Kier alpha value is -1.41. The number of para-hydroxylation sites is 1. The van der Waals surface area contributed by atoms with Crippen molar-refractivity contribution in [1.82, 2.24) is 4.90 Å². The molecule has 2 aliphatic rings. The molecule has 2 aromatic rings. The number of nitrogens with one attached hydrogen (secondary N) is 1. The fraction of sp³-hybridized carbons (Fsp3) is 0.381. The van der Waals surface area contributed by atoms with Gasteiger partial charge in [-0.15, -0.1) is 0 Å². The van der Waals surface area contributed by atoms with Crippen molar-refractivity contribution in [3.8, 4) is 0 Å². The largest absolute Gasteiger partial charge is 0.451 e. The van der Waals surface area contributed by atoms with Gasteiger partial charge in [0.1, 0.15) is 5.76 Å². The molecule has 142 valence electrons. The summed E-state index contributed by atoms with van der Waals surface area (Å²) in [5.41, 5.74) is 0.941. The molecule has 4 nitrogen and oxygen atoms in total. The zero-order valence-electron chi connectivity index (χ0n) is 15.2. The summed E-state index contributed by atoms with van der Waals surface area (Å²) in [6, 6.07) is 14.2. The van der Waals surface area contributed by atoms with Crippen molar-refractivity contribution < 1.29 is 9.21 Å². The molecule has 1 aromatic carbocycles. The Labute approximate surface area is 177 Å². The fourth-order valence-corrected chi connectivity index (χ4v) is 5.53. The van der Waals surface area contributed by atoms with E-state index in [-0.39, 0.29) is 17.4 Å². The number of thioether (sulfide) groups is 1. The molecule has 1 saturated heterocycles. The van der Waals surface area contributed by atoms with Crippen molar-refractivity contribution in [3.63, 3.8) is 0 Å². The number of hydrogen-bond donors (Lipinski definition) is 1. The molecule has 0 spiro atoms. The minimum Gasteiger partial charge on any atom is -0.451 e. The van der Waals surface area contributed by atoms with E-state index >= 15 is 0 Å². The van der Waals surface area contributed by atoms with Gasteiger partial charge in [0.05, 0.1) is 4.91 Å². The zero-order chi connectivity index (χ0) is 18.8. The Morgan fingerprint density at radius 2 is 1.96 bits per heavy atom. The first-order valence-electron chi connectivity index (χ1n) is 9.40. The number of halogens is 1. The van der Waals surface area contributed by atoms with Crippen molar-refractivity contribution in [2.24, 2.45) is 5.92 Å². The number of anilines is 1. The lowest BCUT2D eigenvalue weighted by atomic mass is 9.85. The molecular weight excluding hydrogens is 471 g/mol. The summed E-state index contributed by atoms with van der Waals surface area (Å²) in [6.45, 7) is 2.28. The number of benzene rings is 1. The molecule has 1 aliphatic carbocycles. The summed E-state index contributed by atoms with van der Waals surface area (Å²) in [5, 5.41) is 3.56. The second-order valence-electron chi connectivity index (χ2n) is 7.17. The molecular formula is C21H23IN2O2S. The highest BCUT2D eigenvalue weighted by molar-refractivity contribution is 14.1. The monoisotopic (exact) mass is 494 g/mol. The van der Waals surface area contributed by atoms with Crippen LogP contribution >= 0.6 is 34.4 Å². The van der Waals surface area contributed by atoms with Gasteiger partial charge in [0, 0.05) is 17.8 Å². The van der Waals surface area contributed by atoms with Crippen LogP contribution in [-0.2, 0) is 4.79 Å². The first-order valence-corrected chi connectivity index (χ1v) is 11.4. The molecule has 3 atom stereocenters. The summed E-state index contributed by atoms with van der Waals surface area (Å²) in [7, 11) is 0. The second-order valence-corrected chi connectivity index (χ2v) is 9.36. The highest BCUT2D eigenvalue weighted by atomic mass is 127. The van der Waals surface area contributed by atoms with Crippen molar-refractivity contribution in [1.29, 1.82) is 0 Å². The Bertz CT molecular complexity index is 836. The molecule has 1 aromatic heterocycles. The number of amides is 1. The van der Waals surface area contributed by atoms with Crippen LogP contribution in [-0.4, -0.2) is 22.3 Å². The Balaban J connectivity index is 1.63. The normalized spacial score (nSPS) is 27.3. The summed E-state index contributed by atoms with van der Waals surface area (Å²) in [5.74, 6) is 1.36. The van der Waals surface area contributed by atoms with E-state index in [2.05, 4.69) is 39.7 Å². The quantitative estimate of drug-likeness (QED) is 0.433. The molecule has 0 radical (unpaired) electrons. The van der Waals surface area contributed by atoms with E-state index in [1.807, 2.05) is 48.5 Å². The number of carbonyl (C=O) groups excluding carboxylic acids is 1. The summed E-state index contributed by atoms with van der Waals surface area (Å²) in [6.07, 6.45) is 6.59. The second kappa shape index (κ2) is 8.31. The van der Waals surface area contributed by atoms with E-state index < -0.39 is 0 Å². The number of hydrogen-bond acceptors (Lipinski definition) is 4. The average molecular weight is 494 g/mol. The van der Waals surface area contributed by atoms with Gasteiger partial charge in [-0.05, 0) is 65.6 Å². The lowest BCUT2D eigenvalue weighted by Gasteiger charge is -2.39. The SMILES string of the molecule is C[C@@H]1CCCC[C@H]1N1C(=O)/C(=C/c2ccc(I)o2)SC1Nc1ccccc1. The fourth-order valence-electron chi connectivity index (χ4n) is 3.90. The maximum absolute atomic E-state index is 13.3. The maximum Gasteiger partial charge on any atom is 0.263 e. The lowest BCUT2D eigenvalue weighted by Crippen LogP contribution is -2.48. The minimum atomic E-state index is -0.0919. The third-order valence-electron chi connectivity index (χ3n) is 5.29. The molecule has 1 saturated carbocycles. The van der Waals surface area contributed by atoms with Crippen LogP contribution in [0.15, 0.2) is 51.8 Å². The van der Waals surface area contributed by atoms with Crippen molar-refractivity contribution in [2.75, 3.05) is 5.32 Å². The zero-order valence-corrected chi connectivity index (χ0v) is 18.2. The smallest absolute Gasteiger partial charge is 0.263 e. The number of carbonyl (C=O) groups is 1. The van der Waals surface area contributed by atoms with Crippen molar-refractivity contribution in [3.05, 3.63) is 56.9 Å². The third kappa shape index (κ3) is 4.21. The van der Waals surface area contributed by atoms with Crippen molar-refractivity contribution in [2.45, 2.75) is 44.1 Å². The van der Waals surface area contributed by atoms with Crippen LogP contribution in [0.2, 0.25) is 0 Å². The first kappa shape index (κ1) is 18.9. The van der Waals surface area contributed by atoms with Crippen LogP contribution in [0.25, 0.3) is 6.08 Å². The van der Waals surface area contributed by atoms with Gasteiger partial charge < -0.3 is 14.6 Å². The van der Waals surface area contributed by atoms with E-state index in [9.17, 15) is 4.79 Å². The van der Waals surface area contributed by atoms with Crippen LogP contribution in [0.1, 0.15) is 38.4 Å². The molecule has 2 fully saturated rings. The topological polar surface area (TPSA) is 45.5 Å². The Morgan fingerprint density at radius 1 is 1.19 bits per heavy atom. The summed E-state index contributed by atoms with van der Waals surface area (Å²) >= 11 is 3.73. The van der Waals surface area contributed by atoms with Gasteiger partial charge >= 0.3 is 0 Å².